The van der Waals surface area contributed by atoms with Crippen LogP contribution in [0.2, 0.25) is 5.02 Å². The van der Waals surface area contributed by atoms with Gasteiger partial charge in [-0.3, -0.25) is 4.79 Å². The summed E-state index contributed by atoms with van der Waals surface area (Å²) in [6, 6.07) is 6.90. The smallest absolute Gasteiger partial charge is 0.303 e. The Morgan fingerprint density at radius 2 is 2.07 bits per heavy atom. The molecule has 6 nitrogen and oxygen atoms in total. The number of hydrogen-bond donors (Lipinski definition) is 4. The zero-order chi connectivity index (χ0) is 21.2. The van der Waals surface area contributed by atoms with E-state index in [-0.39, 0.29) is 24.9 Å². The van der Waals surface area contributed by atoms with Gasteiger partial charge in [-0.05, 0) is 43.4 Å². The molecule has 0 spiro atoms. The highest BCUT2D eigenvalue weighted by molar-refractivity contribution is 6.30. The van der Waals surface area contributed by atoms with Gasteiger partial charge in [0, 0.05) is 23.8 Å². The van der Waals surface area contributed by atoms with Gasteiger partial charge in [-0.15, -0.1) is 0 Å². The number of aliphatic carboxylic acids is 1. The van der Waals surface area contributed by atoms with E-state index in [0.717, 1.165) is 0 Å². The first-order chi connectivity index (χ1) is 13.9. The van der Waals surface area contributed by atoms with Crippen LogP contribution in [0.4, 0.5) is 0 Å². The van der Waals surface area contributed by atoms with Gasteiger partial charge in [0.25, 0.3) is 0 Å². The first-order valence-electron chi connectivity index (χ1n) is 9.84. The average Bonchev–Trinajstić information content (AvgIpc) is 2.93. The van der Waals surface area contributed by atoms with Gasteiger partial charge in [0.2, 0.25) is 0 Å². The Bertz CT molecular complexity index is 704. The Hall–Kier alpha value is -1.86. The molecule has 0 radical (unpaired) electrons. The molecule has 0 aromatic heterocycles. The summed E-state index contributed by atoms with van der Waals surface area (Å²) in [5.74, 6) is -0.671. The van der Waals surface area contributed by atoms with Crippen molar-refractivity contribution in [1.82, 2.24) is 0 Å². The molecule has 0 amide bonds. The minimum atomic E-state index is -0.855. The fourth-order valence-electron chi connectivity index (χ4n) is 3.50. The Labute approximate surface area is 176 Å². The third-order valence-corrected chi connectivity index (χ3v) is 5.26. The maximum Gasteiger partial charge on any atom is 0.303 e. The number of aliphatic hydroxyl groups excluding tert-OH is 3. The number of carboxylic acids is 1. The Morgan fingerprint density at radius 1 is 1.28 bits per heavy atom. The zero-order valence-electron chi connectivity index (χ0n) is 16.2. The number of hydrogen-bond acceptors (Lipinski definition) is 5. The second-order valence-electron chi connectivity index (χ2n) is 7.33. The van der Waals surface area contributed by atoms with Gasteiger partial charge in [0.1, 0.15) is 18.5 Å². The third-order valence-electron chi connectivity index (χ3n) is 5.02. The summed E-state index contributed by atoms with van der Waals surface area (Å²) in [4.78, 5) is 10.5. The van der Waals surface area contributed by atoms with Crippen LogP contribution in [0.25, 0.3) is 0 Å². The van der Waals surface area contributed by atoms with Crippen LogP contribution >= 0.6 is 11.6 Å². The first-order valence-corrected chi connectivity index (χ1v) is 10.2. The van der Waals surface area contributed by atoms with E-state index < -0.39 is 24.3 Å². The fraction of sp³-hybridized carbons (Fsp3) is 0.500. The predicted molar refractivity (Wildman–Crippen MR) is 111 cm³/mol. The molecule has 0 saturated heterocycles. The molecule has 1 aromatic carbocycles. The second kappa shape index (κ2) is 12.0. The number of benzene rings is 1. The summed E-state index contributed by atoms with van der Waals surface area (Å²) >= 11 is 5.90. The predicted octanol–water partition coefficient (Wildman–Crippen LogP) is 3.20. The lowest BCUT2D eigenvalue weighted by molar-refractivity contribution is -0.137. The van der Waals surface area contributed by atoms with Crippen LogP contribution < -0.4 is 4.74 Å². The minimum absolute atomic E-state index is 0.0519. The number of carboxylic acid groups (broad SMARTS) is 1. The lowest BCUT2D eigenvalue weighted by atomic mass is 9.89. The molecule has 1 fully saturated rings. The number of aliphatic hydroxyl groups is 3. The molecule has 1 aromatic rings. The van der Waals surface area contributed by atoms with Crippen LogP contribution in [0.3, 0.4) is 0 Å². The maximum atomic E-state index is 10.5. The van der Waals surface area contributed by atoms with Crippen LogP contribution in [-0.2, 0) is 4.79 Å². The number of unbranched alkanes of at least 4 members (excludes halogenated alkanes) is 1. The van der Waals surface area contributed by atoms with Crippen molar-refractivity contribution in [3.8, 4) is 5.75 Å². The molecule has 7 heteroatoms. The van der Waals surface area contributed by atoms with Crippen molar-refractivity contribution in [2.24, 2.45) is 11.8 Å². The number of allylic oxidation sites excluding steroid dienone is 2. The van der Waals surface area contributed by atoms with Gasteiger partial charge in [-0.1, -0.05) is 42.0 Å². The lowest BCUT2D eigenvalue weighted by Crippen LogP contribution is -2.21. The fourth-order valence-corrected chi connectivity index (χ4v) is 3.68. The van der Waals surface area contributed by atoms with Gasteiger partial charge in [0.15, 0.2) is 0 Å². The Kier molecular flexibility index (Phi) is 9.67. The van der Waals surface area contributed by atoms with Crippen LogP contribution in [0, 0.1) is 11.8 Å². The summed E-state index contributed by atoms with van der Waals surface area (Å²) in [7, 11) is 0. The van der Waals surface area contributed by atoms with Crippen molar-refractivity contribution in [3.05, 3.63) is 53.6 Å². The normalized spacial score (nSPS) is 25.7. The molecule has 0 heterocycles. The van der Waals surface area contributed by atoms with Crippen molar-refractivity contribution < 1.29 is 30.0 Å². The monoisotopic (exact) mass is 424 g/mol. The van der Waals surface area contributed by atoms with E-state index in [1.807, 2.05) is 12.2 Å². The van der Waals surface area contributed by atoms with Gasteiger partial charge in [0.05, 0.1) is 12.2 Å². The van der Waals surface area contributed by atoms with E-state index in [4.69, 9.17) is 21.4 Å². The molecular weight excluding hydrogens is 396 g/mol. The van der Waals surface area contributed by atoms with E-state index in [1.54, 1.807) is 36.4 Å². The average molecular weight is 425 g/mol. The van der Waals surface area contributed by atoms with Crippen LogP contribution in [0.1, 0.15) is 32.1 Å². The van der Waals surface area contributed by atoms with E-state index >= 15 is 0 Å². The first kappa shape index (κ1) is 23.4. The summed E-state index contributed by atoms with van der Waals surface area (Å²) in [6.45, 7) is 0.0519. The number of halogens is 1. The molecule has 1 saturated carbocycles. The van der Waals surface area contributed by atoms with E-state index in [9.17, 15) is 20.1 Å². The molecule has 0 aliphatic heterocycles. The second-order valence-corrected chi connectivity index (χ2v) is 7.76. The summed E-state index contributed by atoms with van der Waals surface area (Å²) < 4.78 is 5.51. The van der Waals surface area contributed by atoms with Crippen molar-refractivity contribution in [2.45, 2.75) is 50.4 Å². The summed E-state index contributed by atoms with van der Waals surface area (Å²) in [5, 5.41) is 39.8. The van der Waals surface area contributed by atoms with Crippen molar-refractivity contribution in [3.63, 3.8) is 0 Å². The minimum Gasteiger partial charge on any atom is -0.491 e. The van der Waals surface area contributed by atoms with E-state index in [2.05, 4.69) is 0 Å². The molecule has 5 atom stereocenters. The number of carbonyl (C=O) groups is 1. The van der Waals surface area contributed by atoms with Crippen LogP contribution in [0.15, 0.2) is 48.6 Å². The highest BCUT2D eigenvalue weighted by Gasteiger charge is 2.39. The van der Waals surface area contributed by atoms with Crippen molar-refractivity contribution >= 4 is 17.6 Å². The third kappa shape index (κ3) is 8.19. The maximum absolute atomic E-state index is 10.5. The molecule has 0 bridgehead atoms. The van der Waals surface area contributed by atoms with Crippen LogP contribution in [0.5, 0.6) is 5.75 Å². The summed E-state index contributed by atoms with van der Waals surface area (Å²) in [6.07, 6.45) is 7.26. The topological polar surface area (TPSA) is 107 Å². The highest BCUT2D eigenvalue weighted by Crippen LogP contribution is 2.36. The van der Waals surface area contributed by atoms with Crippen LogP contribution in [-0.4, -0.2) is 51.3 Å². The van der Waals surface area contributed by atoms with Gasteiger partial charge < -0.3 is 25.2 Å². The Morgan fingerprint density at radius 3 is 2.79 bits per heavy atom. The number of ether oxygens (including phenoxy) is 1. The molecule has 29 heavy (non-hydrogen) atoms. The lowest BCUT2D eigenvalue weighted by Gasteiger charge is -2.19. The quantitative estimate of drug-likeness (QED) is 0.321. The van der Waals surface area contributed by atoms with Gasteiger partial charge in [-0.25, -0.2) is 0 Å². The van der Waals surface area contributed by atoms with Crippen molar-refractivity contribution in [1.29, 1.82) is 0 Å². The Balaban J connectivity index is 1.83. The van der Waals surface area contributed by atoms with E-state index in [1.165, 1.54) is 0 Å². The molecule has 1 aliphatic rings. The molecule has 4 N–H and O–H groups in total. The molecule has 1 aliphatic carbocycles. The number of rotatable bonds is 11. The molecule has 2 rings (SSSR count). The standard InChI is InChI=1S/C22H29ClO6/c23-15-6-5-7-17(12-15)29-14-16(24)10-11-19-18(20(25)13-21(19)26)8-3-1-2-4-9-22(27)28/h1,3,5-7,10-12,16,18-21,24-26H,2,4,8-9,13-14H2,(H,27,28)/b3-1+,11-10+/t16-,18+,19-,20-,21+/m1/s1. The zero-order valence-corrected chi connectivity index (χ0v) is 17.0. The van der Waals surface area contributed by atoms with Gasteiger partial charge >= 0.3 is 5.97 Å². The SMILES string of the molecule is O=C(O)CCC/C=C/C[C@H]1[C@@H](/C=C/[C@@H](O)COc2cccc(Cl)c2)[C@@H](O)C[C@H]1O. The van der Waals surface area contributed by atoms with Gasteiger partial charge in [-0.2, -0.15) is 0 Å². The molecule has 160 valence electrons. The van der Waals surface area contributed by atoms with E-state index in [0.29, 0.717) is 36.5 Å². The molecule has 0 unspecified atom stereocenters. The van der Waals surface area contributed by atoms with Crippen molar-refractivity contribution in [2.75, 3.05) is 6.61 Å². The highest BCUT2D eigenvalue weighted by atomic mass is 35.5. The largest absolute Gasteiger partial charge is 0.491 e. The summed E-state index contributed by atoms with van der Waals surface area (Å²) in [5.41, 5.74) is 0. The molecular formula is C22H29ClO6.